The number of rotatable bonds is 6. The van der Waals surface area contributed by atoms with Crippen molar-refractivity contribution >= 4 is 38.3 Å². The van der Waals surface area contributed by atoms with Crippen LogP contribution in [0, 0.1) is 11.7 Å². The highest BCUT2D eigenvalue weighted by atomic mass is 79.9. The number of likely N-dealkylation sites (tertiary alicyclic amines) is 1. The van der Waals surface area contributed by atoms with Gasteiger partial charge < -0.3 is 19.7 Å². The Bertz CT molecular complexity index is 1470. The molecular weight excluding hydrogens is 487 g/mol. The summed E-state index contributed by atoms with van der Waals surface area (Å²) in [7, 11) is 0. The van der Waals surface area contributed by atoms with Crippen molar-refractivity contribution in [1.82, 2.24) is 14.9 Å². The monoisotopic (exact) mass is 525 g/mol. The summed E-state index contributed by atoms with van der Waals surface area (Å²) in [5, 5.41) is 3.34. The lowest BCUT2D eigenvalue weighted by molar-refractivity contribution is 0.116. The predicted octanol–water partition coefficient (Wildman–Crippen LogP) is 6.17. The summed E-state index contributed by atoms with van der Waals surface area (Å²) < 4.78 is 100. The van der Waals surface area contributed by atoms with Gasteiger partial charge >= 0.3 is 0 Å². The first-order valence-electron chi connectivity index (χ1n) is 14.8. The van der Waals surface area contributed by atoms with Gasteiger partial charge in [-0.05, 0) is 83.8 Å². The van der Waals surface area contributed by atoms with Crippen molar-refractivity contribution in [2.24, 2.45) is 5.92 Å². The molecule has 1 N–H and O–H groups in total. The first-order valence-corrected chi connectivity index (χ1v) is 11.1. The van der Waals surface area contributed by atoms with Crippen LogP contribution < -0.4 is 14.8 Å². The second-order valence-electron chi connectivity index (χ2n) is 8.48. The maximum Gasteiger partial charge on any atom is 0.163 e. The molecule has 1 fully saturated rings. The van der Waals surface area contributed by atoms with Crippen LogP contribution in [0.1, 0.15) is 45.9 Å². The van der Waals surface area contributed by atoms with E-state index in [9.17, 15) is 4.39 Å². The van der Waals surface area contributed by atoms with Gasteiger partial charge in [-0.25, -0.2) is 14.4 Å². The molecule has 3 aromatic rings. The smallest absolute Gasteiger partial charge is 0.163 e. The fourth-order valence-corrected chi connectivity index (χ4v) is 3.47. The van der Waals surface area contributed by atoms with Gasteiger partial charge in [0.2, 0.25) is 0 Å². The number of piperidine rings is 1. The van der Waals surface area contributed by atoms with Gasteiger partial charge in [0.1, 0.15) is 23.6 Å². The van der Waals surface area contributed by atoms with Gasteiger partial charge in [-0.1, -0.05) is 15.9 Å². The van der Waals surface area contributed by atoms with Crippen LogP contribution in [0.3, 0.4) is 0 Å². The van der Waals surface area contributed by atoms with Gasteiger partial charge in [-0.2, -0.15) is 0 Å². The number of nitrogens with zero attached hydrogens (tertiary/aromatic N) is 3. The van der Waals surface area contributed by atoms with Crippen LogP contribution in [0.15, 0.2) is 41.1 Å². The maximum absolute atomic E-state index is 14.6. The summed E-state index contributed by atoms with van der Waals surface area (Å²) in [6.07, 6.45) is -0.0520. The van der Waals surface area contributed by atoms with Crippen molar-refractivity contribution in [3.8, 4) is 11.5 Å². The number of hydrogen-bond acceptors (Lipinski definition) is 6. The number of halogens is 2. The Morgan fingerprint density at radius 1 is 1.24 bits per heavy atom. The molecule has 8 heteroatoms. The highest BCUT2D eigenvalue weighted by Crippen LogP contribution is 2.37. The van der Waals surface area contributed by atoms with E-state index in [2.05, 4.69) is 31.2 Å². The Morgan fingerprint density at radius 2 is 2.03 bits per heavy atom. The van der Waals surface area contributed by atoms with E-state index >= 15 is 0 Å². The summed E-state index contributed by atoms with van der Waals surface area (Å²) in [6.45, 7) is -5.83. The third-order valence-electron chi connectivity index (χ3n) is 4.63. The van der Waals surface area contributed by atoms with Crippen molar-refractivity contribution in [2.45, 2.75) is 39.2 Å². The molecule has 4 rings (SSSR count). The standard InChI is InChI=1S/C25H30BrFN4O2/c1-25(2,3)33-23-12-18-21(13-22(23)32-14-16-7-9-31(4)10-8-16)28-15-29-24(18)30-20-6-5-17(26)11-19(20)27/h5-6,11-13,15-16H,7-10,14H2,1-4H3,(H,28,29,30)/i4D3,9D2,10D2,14D2. The lowest BCUT2D eigenvalue weighted by Crippen LogP contribution is -2.32. The zero-order valence-electron chi connectivity index (χ0n) is 27.4. The molecule has 1 aliphatic heterocycles. The Kier molecular flexibility index (Phi) is 4.38. The minimum absolute atomic E-state index is 0.0824. The molecule has 0 amide bonds. The van der Waals surface area contributed by atoms with Gasteiger partial charge in [0.05, 0.1) is 20.5 Å². The SMILES string of the molecule is [2H]C([2H])(Oc1cc2ncnc(Nc3ccc(Br)cc3F)c2cc1OC(C)(C)C)C1CC([2H])([2H])N(C([2H])([2H])[2H])C([2H])([2H])C1. The van der Waals surface area contributed by atoms with Crippen molar-refractivity contribution in [1.29, 1.82) is 0 Å². The molecule has 1 aliphatic rings. The topological polar surface area (TPSA) is 59.5 Å². The number of fused-ring (bicyclic) bond motifs is 1. The van der Waals surface area contributed by atoms with Crippen LogP contribution in [-0.4, -0.2) is 47.0 Å². The summed E-state index contributed by atoms with van der Waals surface area (Å²) in [5.41, 5.74) is -0.334. The van der Waals surface area contributed by atoms with E-state index in [1.807, 2.05) is 0 Å². The normalized spacial score (nSPS) is 23.5. The molecule has 0 bridgehead atoms. The fraction of sp³-hybridized carbons (Fsp3) is 0.440. The molecule has 0 saturated carbocycles. The minimum Gasteiger partial charge on any atom is -0.489 e. The fourth-order valence-electron chi connectivity index (χ4n) is 3.13. The molecule has 2 aromatic carbocycles. The van der Waals surface area contributed by atoms with Gasteiger partial charge in [0, 0.05) is 25.5 Å². The molecular formula is C25H30BrFN4O2. The quantitative estimate of drug-likeness (QED) is 0.415. The van der Waals surface area contributed by atoms with E-state index in [0.29, 0.717) is 15.4 Å². The van der Waals surface area contributed by atoms with Gasteiger partial charge in [-0.15, -0.1) is 0 Å². The van der Waals surface area contributed by atoms with Crippen molar-refractivity contribution in [3.05, 3.63) is 46.9 Å². The largest absolute Gasteiger partial charge is 0.489 e. The Morgan fingerprint density at radius 3 is 2.73 bits per heavy atom. The van der Waals surface area contributed by atoms with Gasteiger partial charge in [-0.3, -0.25) is 0 Å². The van der Waals surface area contributed by atoms with E-state index < -0.39 is 56.7 Å². The van der Waals surface area contributed by atoms with Crippen LogP contribution in [0.25, 0.3) is 10.9 Å². The molecule has 6 nitrogen and oxygen atoms in total. The van der Waals surface area contributed by atoms with E-state index in [0.717, 1.165) is 0 Å². The lowest BCUT2D eigenvalue weighted by Gasteiger charge is -2.29. The zero-order chi connectivity index (χ0) is 31.5. The summed E-state index contributed by atoms with van der Waals surface area (Å²) >= 11 is 3.22. The number of benzene rings is 2. The van der Waals surface area contributed by atoms with Crippen LogP contribution in [-0.2, 0) is 0 Å². The number of anilines is 2. The van der Waals surface area contributed by atoms with Crippen molar-refractivity contribution in [2.75, 3.05) is 31.8 Å². The van der Waals surface area contributed by atoms with E-state index in [-0.39, 0.29) is 27.9 Å². The van der Waals surface area contributed by atoms with Gasteiger partial charge in [0.15, 0.2) is 11.5 Å². The molecule has 0 unspecified atom stereocenters. The number of ether oxygens (including phenoxy) is 2. The van der Waals surface area contributed by atoms with Crippen LogP contribution in [0.2, 0.25) is 0 Å². The first kappa shape index (κ1) is 14.7. The highest BCUT2D eigenvalue weighted by Gasteiger charge is 2.21. The van der Waals surface area contributed by atoms with Gasteiger partial charge in [0.25, 0.3) is 0 Å². The average Bonchev–Trinajstić information content (AvgIpc) is 2.77. The third-order valence-corrected chi connectivity index (χ3v) is 5.12. The van der Waals surface area contributed by atoms with E-state index in [1.54, 1.807) is 26.8 Å². The number of nitrogens with one attached hydrogen (secondary N) is 1. The molecule has 2 heterocycles. The summed E-state index contributed by atoms with van der Waals surface area (Å²) in [4.78, 5) is 8.65. The van der Waals surface area contributed by atoms with Crippen LogP contribution in [0.5, 0.6) is 11.5 Å². The average molecular weight is 526 g/mol. The van der Waals surface area contributed by atoms with Crippen LogP contribution in [0.4, 0.5) is 15.9 Å². The summed E-state index contributed by atoms with van der Waals surface area (Å²) in [6, 6.07) is 7.40. The second-order valence-corrected chi connectivity index (χ2v) is 9.39. The van der Waals surface area contributed by atoms with E-state index in [4.69, 9.17) is 21.8 Å². The Hall–Kier alpha value is -2.45. The number of aromatic nitrogens is 2. The molecule has 0 atom stereocenters. The number of hydrogen-bond donors (Lipinski definition) is 1. The second kappa shape index (κ2) is 9.81. The molecule has 0 aliphatic carbocycles. The van der Waals surface area contributed by atoms with Crippen LogP contribution >= 0.6 is 15.9 Å². The molecule has 1 aromatic heterocycles. The predicted molar refractivity (Wildman–Crippen MR) is 133 cm³/mol. The molecule has 176 valence electrons. The third kappa shape index (κ3) is 6.12. The Balaban J connectivity index is 1.74. The maximum atomic E-state index is 14.6. The molecule has 0 spiro atoms. The Labute approximate surface area is 215 Å². The van der Waals surface area contributed by atoms with Crippen molar-refractivity contribution < 1.29 is 26.2 Å². The minimum atomic E-state index is -3.08. The highest BCUT2D eigenvalue weighted by molar-refractivity contribution is 9.10. The lowest BCUT2D eigenvalue weighted by atomic mass is 9.98. The molecule has 33 heavy (non-hydrogen) atoms. The zero-order valence-corrected chi connectivity index (χ0v) is 20.0. The summed E-state index contributed by atoms with van der Waals surface area (Å²) in [5.74, 6) is -1.67. The van der Waals surface area contributed by atoms with Crippen molar-refractivity contribution in [3.63, 3.8) is 0 Å². The van der Waals surface area contributed by atoms with E-state index in [1.165, 1.54) is 30.6 Å². The molecule has 0 radical (unpaired) electrons. The first-order chi connectivity index (χ1) is 19.1. The molecule has 1 saturated heterocycles.